The van der Waals surface area contributed by atoms with Gasteiger partial charge in [0.15, 0.2) is 11.8 Å². The Labute approximate surface area is 200 Å². The second-order valence-corrected chi connectivity index (χ2v) is 9.60. The van der Waals surface area contributed by atoms with Crippen LogP contribution in [-0.4, -0.2) is 33.6 Å². The average Bonchev–Trinajstić information content (AvgIpc) is 3.43. The maximum atomic E-state index is 13.6. The number of likely N-dealkylation sites (N-methyl/N-ethyl adjacent to an activating group) is 1. The number of carbonyl (C=O) groups excluding carboxylic acids is 1. The predicted octanol–water partition coefficient (Wildman–Crippen LogP) is 3.75. The fourth-order valence-electron chi connectivity index (χ4n) is 4.64. The number of carbonyl (C=O) groups is 1. The third kappa shape index (κ3) is 3.23. The maximum Gasteiger partial charge on any atom is 0.239 e. The number of benzene rings is 2. The Morgan fingerprint density at radius 1 is 1.21 bits per heavy atom. The van der Waals surface area contributed by atoms with Gasteiger partial charge in [0.1, 0.15) is 0 Å². The summed E-state index contributed by atoms with van der Waals surface area (Å²) in [6, 6.07) is 17.4. The Balaban J connectivity index is 1.64. The van der Waals surface area contributed by atoms with Crippen LogP contribution in [0.25, 0.3) is 22.0 Å². The molecule has 0 saturated carbocycles. The maximum absolute atomic E-state index is 13.6. The van der Waals surface area contributed by atoms with Crippen molar-refractivity contribution in [2.24, 2.45) is 7.05 Å². The lowest BCUT2D eigenvalue weighted by Gasteiger charge is -2.45. The summed E-state index contributed by atoms with van der Waals surface area (Å²) in [5, 5.41) is 28.1. The highest BCUT2D eigenvalue weighted by atomic mass is 32.1. The molecule has 1 aliphatic heterocycles. The van der Waals surface area contributed by atoms with Crippen LogP contribution in [0.15, 0.2) is 53.9 Å². The first-order valence-corrected chi connectivity index (χ1v) is 11.6. The molecule has 3 heterocycles. The third-order valence-corrected chi connectivity index (χ3v) is 7.71. The zero-order valence-corrected chi connectivity index (χ0v) is 19.8. The molecule has 1 fully saturated rings. The van der Waals surface area contributed by atoms with Crippen molar-refractivity contribution in [2.75, 3.05) is 12.8 Å². The number of anilines is 1. The summed E-state index contributed by atoms with van der Waals surface area (Å²) in [6.45, 7) is 1.96. The highest BCUT2D eigenvalue weighted by Gasteiger charge is 2.49. The van der Waals surface area contributed by atoms with Gasteiger partial charge in [-0.25, -0.2) is 0 Å². The number of rotatable bonds is 3. The Kier molecular flexibility index (Phi) is 4.92. The Morgan fingerprint density at radius 3 is 2.76 bits per heavy atom. The van der Waals surface area contributed by atoms with Crippen LogP contribution in [0.5, 0.6) is 0 Å². The number of hydrogen-bond acceptors (Lipinski definition) is 6. The van der Waals surface area contributed by atoms with Crippen LogP contribution in [0.2, 0.25) is 0 Å². The molecule has 0 spiro atoms. The molecule has 34 heavy (non-hydrogen) atoms. The lowest BCUT2D eigenvalue weighted by molar-refractivity contribution is -0.131. The van der Waals surface area contributed by atoms with E-state index in [2.05, 4.69) is 16.5 Å². The summed E-state index contributed by atoms with van der Waals surface area (Å²) in [4.78, 5) is 15.8. The molecule has 2 aromatic heterocycles. The number of fused-ring (bicyclic) bond motifs is 1. The number of nitrogens with zero attached hydrogens (tertiary/aromatic N) is 4. The zero-order valence-electron chi connectivity index (χ0n) is 19.0. The number of aromatic nitrogens is 2. The first kappa shape index (κ1) is 21.7. The van der Waals surface area contributed by atoms with Gasteiger partial charge >= 0.3 is 0 Å². The number of nitrogens with two attached hydrogens (primary N) is 1. The van der Waals surface area contributed by atoms with Crippen LogP contribution in [0.4, 0.5) is 5.82 Å². The summed E-state index contributed by atoms with van der Waals surface area (Å²) in [7, 11) is 3.43. The number of aryl methyl sites for hydroxylation is 1. The molecule has 4 N–H and O–H groups in total. The van der Waals surface area contributed by atoms with E-state index >= 15 is 0 Å². The van der Waals surface area contributed by atoms with E-state index in [0.29, 0.717) is 11.4 Å². The topological polar surface area (TPSA) is 124 Å². The van der Waals surface area contributed by atoms with Crippen molar-refractivity contribution in [3.8, 4) is 17.2 Å². The quantitative estimate of drug-likeness (QED) is 0.422. The molecule has 8 nitrogen and oxygen atoms in total. The molecule has 2 aromatic carbocycles. The van der Waals surface area contributed by atoms with Crippen LogP contribution in [0.3, 0.4) is 0 Å². The molecule has 0 aliphatic carbocycles. The van der Waals surface area contributed by atoms with Gasteiger partial charge in [0.2, 0.25) is 5.91 Å². The number of nitrogens with one attached hydrogen (secondary N) is 2. The molecule has 0 radical (unpaired) electrons. The number of nitriles is 1. The standard InChI is InChI=1S/C25H23N7OS/c1-25(20-11-17(13-34-20)15-6-4-5-14(9-15)12-26)21(23(33)31(2)24(28)29-25)16-7-8-18-19(10-16)32(3)30-22(18)27/h4-11,13,21H,1-3H3,(H2,27,30)(H2,28,29)/t21-,25+/m0/s1. The lowest BCUT2D eigenvalue weighted by atomic mass is 9.76. The molecule has 0 unspecified atom stereocenters. The third-order valence-electron chi connectivity index (χ3n) is 6.54. The number of hydrogen-bond donors (Lipinski definition) is 3. The van der Waals surface area contributed by atoms with Gasteiger partial charge in [0, 0.05) is 24.4 Å². The lowest BCUT2D eigenvalue weighted by Crippen LogP contribution is -2.62. The summed E-state index contributed by atoms with van der Waals surface area (Å²) in [5.41, 5.74) is 9.32. The van der Waals surface area contributed by atoms with E-state index < -0.39 is 11.5 Å². The van der Waals surface area contributed by atoms with Gasteiger partial charge in [0.25, 0.3) is 0 Å². The Bertz CT molecular complexity index is 1510. The Hall–Kier alpha value is -4.16. The van der Waals surface area contributed by atoms with Crippen molar-refractivity contribution in [1.29, 1.82) is 10.7 Å². The fraction of sp³-hybridized carbons (Fsp3) is 0.200. The number of thiophene rings is 1. The van der Waals surface area contributed by atoms with Crippen molar-refractivity contribution in [1.82, 2.24) is 20.0 Å². The molecule has 5 rings (SSSR count). The van der Waals surface area contributed by atoms with E-state index in [4.69, 9.17) is 11.1 Å². The van der Waals surface area contributed by atoms with Gasteiger partial charge < -0.3 is 11.1 Å². The molecule has 1 saturated heterocycles. The van der Waals surface area contributed by atoms with Gasteiger partial charge in [-0.3, -0.25) is 19.8 Å². The summed E-state index contributed by atoms with van der Waals surface area (Å²) in [5.74, 6) is -0.247. The molecule has 1 amide bonds. The van der Waals surface area contributed by atoms with Gasteiger partial charge in [-0.2, -0.15) is 10.4 Å². The van der Waals surface area contributed by atoms with Crippen LogP contribution in [-0.2, 0) is 17.4 Å². The highest BCUT2D eigenvalue weighted by molar-refractivity contribution is 7.10. The van der Waals surface area contributed by atoms with E-state index in [1.165, 1.54) is 16.2 Å². The monoisotopic (exact) mass is 469 g/mol. The van der Waals surface area contributed by atoms with Crippen molar-refractivity contribution in [3.05, 3.63) is 69.9 Å². The summed E-state index contributed by atoms with van der Waals surface area (Å²) < 4.78 is 1.71. The summed E-state index contributed by atoms with van der Waals surface area (Å²) >= 11 is 1.53. The second-order valence-electron chi connectivity index (χ2n) is 8.68. The van der Waals surface area contributed by atoms with E-state index in [1.807, 2.05) is 61.8 Å². The minimum absolute atomic E-state index is 0.0519. The van der Waals surface area contributed by atoms with E-state index in [9.17, 15) is 10.1 Å². The minimum Gasteiger partial charge on any atom is -0.382 e. The van der Waals surface area contributed by atoms with Crippen LogP contribution in [0.1, 0.15) is 28.8 Å². The number of nitrogen functional groups attached to an aromatic ring is 1. The van der Waals surface area contributed by atoms with Gasteiger partial charge in [-0.05, 0) is 59.3 Å². The van der Waals surface area contributed by atoms with Crippen molar-refractivity contribution < 1.29 is 4.79 Å². The fourth-order valence-corrected chi connectivity index (χ4v) is 5.71. The SMILES string of the molecule is CN1C(=N)N[C@](C)(c2cc(-c3cccc(C#N)c3)cs2)[C@@H](c2ccc3c(N)nn(C)c3c2)C1=O. The Morgan fingerprint density at radius 2 is 2.00 bits per heavy atom. The van der Waals surface area contributed by atoms with Gasteiger partial charge in [-0.1, -0.05) is 18.2 Å². The second kappa shape index (κ2) is 7.71. The predicted molar refractivity (Wildman–Crippen MR) is 133 cm³/mol. The molecule has 0 bridgehead atoms. The number of amides is 1. The normalized spacial score (nSPS) is 20.4. The van der Waals surface area contributed by atoms with Crippen LogP contribution in [0, 0.1) is 16.7 Å². The molecular formula is C25H23N7OS. The minimum atomic E-state index is -0.853. The van der Waals surface area contributed by atoms with E-state index in [0.717, 1.165) is 32.5 Å². The van der Waals surface area contributed by atoms with Crippen molar-refractivity contribution in [2.45, 2.75) is 18.4 Å². The average molecular weight is 470 g/mol. The zero-order chi connectivity index (χ0) is 24.2. The van der Waals surface area contributed by atoms with Crippen LogP contribution < -0.4 is 11.1 Å². The van der Waals surface area contributed by atoms with E-state index in [-0.39, 0.29) is 11.9 Å². The van der Waals surface area contributed by atoms with Gasteiger partial charge in [-0.15, -0.1) is 11.3 Å². The van der Waals surface area contributed by atoms with Crippen molar-refractivity contribution in [3.63, 3.8) is 0 Å². The molecular weight excluding hydrogens is 446 g/mol. The molecule has 4 aromatic rings. The number of guanidine groups is 1. The van der Waals surface area contributed by atoms with E-state index in [1.54, 1.807) is 17.8 Å². The van der Waals surface area contributed by atoms with Gasteiger partial charge in [0.05, 0.1) is 28.6 Å². The smallest absolute Gasteiger partial charge is 0.239 e. The molecule has 9 heteroatoms. The first-order valence-electron chi connectivity index (χ1n) is 10.7. The molecule has 2 atom stereocenters. The highest BCUT2D eigenvalue weighted by Crippen LogP contribution is 2.45. The largest absolute Gasteiger partial charge is 0.382 e. The summed E-state index contributed by atoms with van der Waals surface area (Å²) in [6.07, 6.45) is 0. The molecule has 170 valence electrons. The first-order chi connectivity index (χ1) is 16.2. The molecule has 1 aliphatic rings. The van der Waals surface area contributed by atoms with Crippen LogP contribution >= 0.6 is 11.3 Å². The van der Waals surface area contributed by atoms with Crippen molar-refractivity contribution >= 4 is 39.9 Å².